The quantitative estimate of drug-likeness (QED) is 0.866. The highest BCUT2D eigenvalue weighted by atomic mass is 35.5. The van der Waals surface area contributed by atoms with E-state index >= 15 is 0 Å². The van der Waals surface area contributed by atoms with Crippen LogP contribution in [0.4, 0.5) is 4.79 Å². The zero-order valence-electron chi connectivity index (χ0n) is 15.4. The van der Waals surface area contributed by atoms with Gasteiger partial charge in [-0.05, 0) is 49.8 Å². The van der Waals surface area contributed by atoms with Gasteiger partial charge in [-0.2, -0.15) is 0 Å². The largest absolute Gasteiger partial charge is 0.349 e. The smallest absolute Gasteiger partial charge is 0.319 e. The number of rotatable bonds is 4. The van der Waals surface area contributed by atoms with Crippen molar-refractivity contribution in [3.63, 3.8) is 0 Å². The van der Waals surface area contributed by atoms with Crippen molar-refractivity contribution < 1.29 is 9.59 Å². The van der Waals surface area contributed by atoms with Crippen LogP contribution in [0.5, 0.6) is 0 Å². The molecule has 1 aromatic rings. The van der Waals surface area contributed by atoms with Gasteiger partial charge in [0.15, 0.2) is 0 Å². The van der Waals surface area contributed by atoms with E-state index in [1.807, 2.05) is 34.1 Å². The summed E-state index contributed by atoms with van der Waals surface area (Å²) in [5.41, 5.74) is 1.08. The first kappa shape index (κ1) is 19.0. The van der Waals surface area contributed by atoms with Gasteiger partial charge in [-0.3, -0.25) is 4.79 Å². The van der Waals surface area contributed by atoms with Gasteiger partial charge in [-0.15, -0.1) is 0 Å². The van der Waals surface area contributed by atoms with E-state index in [-0.39, 0.29) is 23.9 Å². The summed E-state index contributed by atoms with van der Waals surface area (Å²) in [7, 11) is 0. The van der Waals surface area contributed by atoms with Crippen LogP contribution in [-0.2, 0) is 4.79 Å². The third-order valence-electron chi connectivity index (χ3n) is 5.51. The van der Waals surface area contributed by atoms with E-state index in [9.17, 15) is 9.59 Å². The molecular formula is C20H28ClN3O2. The van der Waals surface area contributed by atoms with Crippen molar-refractivity contribution >= 4 is 23.5 Å². The van der Waals surface area contributed by atoms with Gasteiger partial charge in [0, 0.05) is 37.1 Å². The van der Waals surface area contributed by atoms with Gasteiger partial charge in [0.25, 0.3) is 0 Å². The lowest BCUT2D eigenvalue weighted by molar-refractivity contribution is -0.127. The molecule has 5 nitrogen and oxygen atoms in total. The van der Waals surface area contributed by atoms with Gasteiger partial charge in [-0.1, -0.05) is 30.7 Å². The molecule has 26 heavy (non-hydrogen) atoms. The maximum Gasteiger partial charge on any atom is 0.319 e. The van der Waals surface area contributed by atoms with Crippen molar-refractivity contribution in [2.24, 2.45) is 5.92 Å². The molecule has 3 amide bonds. The van der Waals surface area contributed by atoms with Gasteiger partial charge in [0.05, 0.1) is 6.04 Å². The third kappa shape index (κ3) is 4.50. The van der Waals surface area contributed by atoms with E-state index in [4.69, 9.17) is 11.6 Å². The van der Waals surface area contributed by atoms with E-state index < -0.39 is 0 Å². The summed E-state index contributed by atoms with van der Waals surface area (Å²) in [6.45, 7) is 5.16. The number of urea groups is 1. The van der Waals surface area contributed by atoms with Crippen LogP contribution in [0.15, 0.2) is 24.3 Å². The topological polar surface area (TPSA) is 52.7 Å². The first-order valence-electron chi connectivity index (χ1n) is 9.68. The van der Waals surface area contributed by atoms with E-state index in [1.54, 1.807) is 0 Å². The Kier molecular flexibility index (Phi) is 6.41. The van der Waals surface area contributed by atoms with Crippen LogP contribution in [0.3, 0.4) is 0 Å². The Balaban J connectivity index is 1.51. The predicted octanol–water partition coefficient (Wildman–Crippen LogP) is 3.84. The fourth-order valence-electron chi connectivity index (χ4n) is 3.85. The molecule has 0 spiro atoms. The maximum atomic E-state index is 12.7. The molecule has 142 valence electrons. The summed E-state index contributed by atoms with van der Waals surface area (Å²) in [6.07, 6.45) is 4.52. The zero-order chi connectivity index (χ0) is 18.5. The molecule has 2 saturated heterocycles. The SMILES string of the molecule is CC[C@H](NC(=O)C1CCN(C(=O)N2CCCC2)CC1)c1ccc(Cl)cc1. The lowest BCUT2D eigenvalue weighted by atomic mass is 9.94. The number of halogens is 1. The molecule has 2 aliphatic rings. The first-order valence-corrected chi connectivity index (χ1v) is 10.1. The lowest BCUT2D eigenvalue weighted by Gasteiger charge is -2.34. The molecule has 1 aromatic carbocycles. The van der Waals surface area contributed by atoms with Crippen LogP contribution in [0.1, 0.15) is 50.6 Å². The summed E-state index contributed by atoms with van der Waals surface area (Å²) in [4.78, 5) is 29.0. The number of benzene rings is 1. The van der Waals surface area contributed by atoms with Gasteiger partial charge in [0.2, 0.25) is 5.91 Å². The second kappa shape index (κ2) is 8.76. The Hall–Kier alpha value is -1.75. The number of nitrogens with one attached hydrogen (secondary N) is 1. The molecule has 0 unspecified atom stereocenters. The highest BCUT2D eigenvalue weighted by Gasteiger charge is 2.31. The molecule has 0 radical (unpaired) electrons. The van der Waals surface area contributed by atoms with Gasteiger partial charge in [0.1, 0.15) is 0 Å². The predicted molar refractivity (Wildman–Crippen MR) is 103 cm³/mol. The van der Waals surface area contributed by atoms with Gasteiger partial charge >= 0.3 is 6.03 Å². The minimum Gasteiger partial charge on any atom is -0.349 e. The highest BCUT2D eigenvalue weighted by molar-refractivity contribution is 6.30. The first-order chi connectivity index (χ1) is 12.6. The highest BCUT2D eigenvalue weighted by Crippen LogP contribution is 2.23. The number of hydrogen-bond donors (Lipinski definition) is 1. The van der Waals surface area contributed by atoms with E-state index in [0.717, 1.165) is 50.8 Å². The summed E-state index contributed by atoms with van der Waals surface area (Å²) in [6, 6.07) is 7.79. The Morgan fingerprint density at radius 2 is 1.65 bits per heavy atom. The molecule has 0 bridgehead atoms. The fraction of sp³-hybridized carbons (Fsp3) is 0.600. The standard InChI is InChI=1S/C20H28ClN3O2/c1-2-18(15-5-7-17(21)8-6-15)22-19(25)16-9-13-24(14-10-16)20(26)23-11-3-4-12-23/h5-8,16,18H,2-4,9-14H2,1H3,(H,22,25)/t18-/m0/s1. The van der Waals surface area contributed by atoms with E-state index in [2.05, 4.69) is 12.2 Å². The zero-order valence-corrected chi connectivity index (χ0v) is 16.2. The lowest BCUT2D eigenvalue weighted by Crippen LogP contribution is -2.48. The summed E-state index contributed by atoms with van der Waals surface area (Å²) < 4.78 is 0. The maximum absolute atomic E-state index is 12.7. The molecule has 0 saturated carbocycles. The van der Waals surface area contributed by atoms with Crippen LogP contribution in [0.25, 0.3) is 0 Å². The Morgan fingerprint density at radius 3 is 2.23 bits per heavy atom. The number of amides is 3. The van der Waals surface area contributed by atoms with Gasteiger partial charge in [-0.25, -0.2) is 4.79 Å². The summed E-state index contributed by atoms with van der Waals surface area (Å²) >= 11 is 5.95. The second-order valence-corrected chi connectivity index (χ2v) is 7.70. The van der Waals surface area contributed by atoms with Crippen LogP contribution in [-0.4, -0.2) is 47.9 Å². The van der Waals surface area contributed by atoms with Crippen molar-refractivity contribution in [2.75, 3.05) is 26.2 Å². The minimum atomic E-state index is -0.0148. The molecule has 2 aliphatic heterocycles. The average Bonchev–Trinajstić information content (AvgIpc) is 3.21. The molecule has 0 aromatic heterocycles. The van der Waals surface area contributed by atoms with Crippen molar-refractivity contribution in [2.45, 2.75) is 45.1 Å². The number of likely N-dealkylation sites (tertiary alicyclic amines) is 2. The fourth-order valence-corrected chi connectivity index (χ4v) is 3.97. The van der Waals surface area contributed by atoms with Crippen LogP contribution in [0.2, 0.25) is 5.02 Å². The molecule has 2 fully saturated rings. The molecule has 2 heterocycles. The van der Waals surface area contributed by atoms with Crippen LogP contribution >= 0.6 is 11.6 Å². The van der Waals surface area contributed by atoms with E-state index in [0.29, 0.717) is 18.1 Å². The molecule has 3 rings (SSSR count). The van der Waals surface area contributed by atoms with Crippen molar-refractivity contribution in [3.8, 4) is 0 Å². The molecule has 1 N–H and O–H groups in total. The number of nitrogens with zero attached hydrogens (tertiary/aromatic N) is 2. The minimum absolute atomic E-state index is 0.00373. The summed E-state index contributed by atoms with van der Waals surface area (Å²) in [5.74, 6) is 0.0825. The Bertz CT molecular complexity index is 620. The molecule has 0 aliphatic carbocycles. The Labute approximate surface area is 160 Å². The number of carbonyl (C=O) groups excluding carboxylic acids is 2. The molecule has 1 atom stereocenters. The van der Waals surface area contributed by atoms with Crippen molar-refractivity contribution in [1.82, 2.24) is 15.1 Å². The van der Waals surface area contributed by atoms with Crippen LogP contribution in [0, 0.1) is 5.92 Å². The summed E-state index contributed by atoms with van der Waals surface area (Å²) in [5, 5.41) is 3.87. The number of carbonyl (C=O) groups is 2. The van der Waals surface area contributed by atoms with E-state index in [1.165, 1.54) is 0 Å². The van der Waals surface area contributed by atoms with Crippen LogP contribution < -0.4 is 5.32 Å². The van der Waals surface area contributed by atoms with Crippen molar-refractivity contribution in [3.05, 3.63) is 34.9 Å². The Morgan fingerprint density at radius 1 is 1.08 bits per heavy atom. The van der Waals surface area contributed by atoms with Gasteiger partial charge < -0.3 is 15.1 Å². The molecular weight excluding hydrogens is 350 g/mol. The third-order valence-corrected chi connectivity index (χ3v) is 5.76. The molecule has 6 heteroatoms. The monoisotopic (exact) mass is 377 g/mol. The number of piperidine rings is 1. The normalized spacial score (nSPS) is 19.5. The van der Waals surface area contributed by atoms with Crippen molar-refractivity contribution in [1.29, 1.82) is 0 Å². The average molecular weight is 378 g/mol. The second-order valence-electron chi connectivity index (χ2n) is 7.26. The number of hydrogen-bond acceptors (Lipinski definition) is 2.